The van der Waals surface area contributed by atoms with Gasteiger partial charge in [-0.25, -0.2) is 9.36 Å². The molecule has 1 saturated carbocycles. The van der Waals surface area contributed by atoms with E-state index in [1.165, 1.54) is 17.1 Å². The van der Waals surface area contributed by atoms with E-state index in [0.29, 0.717) is 23.8 Å². The number of aromatic nitrogens is 2. The van der Waals surface area contributed by atoms with Crippen molar-refractivity contribution in [1.29, 1.82) is 0 Å². The zero-order valence-corrected chi connectivity index (χ0v) is 23.1. The Labute approximate surface area is 222 Å². The van der Waals surface area contributed by atoms with Crippen LogP contribution in [0.5, 0.6) is 5.75 Å². The summed E-state index contributed by atoms with van der Waals surface area (Å²) < 4.78 is 43.4. The number of esters is 1. The van der Waals surface area contributed by atoms with E-state index in [0.717, 1.165) is 19.3 Å². The number of carbonyl (C=O) groups excluding carboxylic acids is 1. The number of hydrogen-bond acceptors (Lipinski definition) is 9. The van der Waals surface area contributed by atoms with Crippen LogP contribution in [-0.2, 0) is 28.1 Å². The van der Waals surface area contributed by atoms with E-state index in [4.69, 9.17) is 23.3 Å². The lowest BCUT2D eigenvalue weighted by atomic mass is 10.1. The largest absolute Gasteiger partial charge is 0.462 e. The fourth-order valence-corrected chi connectivity index (χ4v) is 5.53. The van der Waals surface area contributed by atoms with Gasteiger partial charge in [0.25, 0.3) is 0 Å². The summed E-state index contributed by atoms with van der Waals surface area (Å²) in [5.74, 6) is 0.321. The topological polar surface area (TPSA) is 127 Å². The summed E-state index contributed by atoms with van der Waals surface area (Å²) in [6, 6.07) is 8.04. The third-order valence-electron chi connectivity index (χ3n) is 6.27. The lowest BCUT2D eigenvalue weighted by Crippen LogP contribution is -2.37. The van der Waals surface area contributed by atoms with Crippen molar-refractivity contribution in [3.63, 3.8) is 0 Å². The fourth-order valence-electron chi connectivity index (χ4n) is 4.05. The van der Waals surface area contributed by atoms with Crippen LogP contribution in [0.2, 0.25) is 0 Å². The van der Waals surface area contributed by atoms with Gasteiger partial charge in [0, 0.05) is 11.9 Å². The smallest absolute Gasteiger partial charge is 0.459 e. The van der Waals surface area contributed by atoms with E-state index in [9.17, 15) is 14.2 Å². The highest BCUT2D eigenvalue weighted by Crippen LogP contribution is 2.46. The highest BCUT2D eigenvalue weighted by Gasteiger charge is 2.36. The molecule has 5 atom stereocenters. The predicted octanol–water partition coefficient (Wildman–Crippen LogP) is 4.21. The maximum absolute atomic E-state index is 13.8. The van der Waals surface area contributed by atoms with Crippen LogP contribution in [0, 0.1) is 6.92 Å². The van der Waals surface area contributed by atoms with E-state index >= 15 is 0 Å². The highest BCUT2D eigenvalue weighted by atomic mass is 31.2. The standard InChI is InChI=1S/C26H36N3O8P/c1-5-6-18(3)35-25(30)19(4)28-38(32,37-22-11-9-21(10-12-22)20-7-8-20)34-16-24-33-15-23(36-24)29-14-13-17(2)27-26(29)31/h9-14,18-20,23-24H,5-8,15-16H2,1-4H3,(H,28,32)/t18-,19-,23-,24-,38?/m0/s1. The third kappa shape index (κ3) is 7.74. The molecule has 2 aliphatic rings. The van der Waals surface area contributed by atoms with Crippen molar-refractivity contribution in [1.82, 2.24) is 14.6 Å². The van der Waals surface area contributed by atoms with Crippen molar-refractivity contribution in [2.75, 3.05) is 13.2 Å². The van der Waals surface area contributed by atoms with Crippen molar-refractivity contribution in [3.05, 3.63) is 58.3 Å². The van der Waals surface area contributed by atoms with Crippen molar-refractivity contribution < 1.29 is 32.6 Å². The maximum Gasteiger partial charge on any atom is 0.459 e. The molecule has 0 bridgehead atoms. The average molecular weight is 550 g/mol. The van der Waals surface area contributed by atoms with Gasteiger partial charge >= 0.3 is 19.4 Å². The van der Waals surface area contributed by atoms with E-state index in [1.807, 2.05) is 26.0 Å². The van der Waals surface area contributed by atoms with Crippen molar-refractivity contribution in [3.8, 4) is 5.75 Å². The first kappa shape index (κ1) is 28.4. The van der Waals surface area contributed by atoms with E-state index in [2.05, 4.69) is 10.1 Å². The first-order valence-corrected chi connectivity index (χ1v) is 14.6. The molecule has 38 heavy (non-hydrogen) atoms. The molecule has 1 N–H and O–H groups in total. The van der Waals surface area contributed by atoms with E-state index in [-0.39, 0.29) is 19.3 Å². The molecule has 0 radical (unpaired) electrons. The Hall–Kier alpha value is -2.56. The quantitative estimate of drug-likeness (QED) is 0.287. The molecule has 0 amide bonds. The molecule has 11 nitrogen and oxygen atoms in total. The molecule has 1 aromatic heterocycles. The van der Waals surface area contributed by atoms with Gasteiger partial charge in [-0.15, -0.1) is 0 Å². The minimum Gasteiger partial charge on any atom is -0.462 e. The first-order valence-electron chi connectivity index (χ1n) is 13.0. The summed E-state index contributed by atoms with van der Waals surface area (Å²) in [6.07, 6.45) is 3.58. The van der Waals surface area contributed by atoms with Crippen LogP contribution in [0.15, 0.2) is 41.3 Å². The van der Waals surface area contributed by atoms with E-state index < -0.39 is 38.0 Å². The van der Waals surface area contributed by atoms with Gasteiger partial charge in [0.2, 0.25) is 0 Å². The number of carbonyl (C=O) groups is 1. The number of aryl methyl sites for hydroxylation is 1. The zero-order valence-electron chi connectivity index (χ0n) is 22.2. The average Bonchev–Trinajstić information content (AvgIpc) is 3.61. The van der Waals surface area contributed by atoms with Gasteiger partial charge in [0.05, 0.1) is 12.7 Å². The lowest BCUT2D eigenvalue weighted by molar-refractivity contribution is -0.150. The van der Waals surface area contributed by atoms with Crippen LogP contribution in [0.3, 0.4) is 0 Å². The summed E-state index contributed by atoms with van der Waals surface area (Å²) in [7, 11) is -4.09. The number of rotatable bonds is 13. The second-order valence-corrected chi connectivity index (χ2v) is 11.4. The van der Waals surface area contributed by atoms with Crippen molar-refractivity contribution in [2.45, 2.75) is 84.0 Å². The zero-order chi connectivity index (χ0) is 27.3. The summed E-state index contributed by atoms with van der Waals surface area (Å²) in [6.45, 7) is 6.87. The number of nitrogens with one attached hydrogen (secondary N) is 1. The highest BCUT2D eigenvalue weighted by molar-refractivity contribution is 7.52. The van der Waals surface area contributed by atoms with Gasteiger partial charge in [-0.1, -0.05) is 25.5 Å². The summed E-state index contributed by atoms with van der Waals surface area (Å²) in [5, 5.41) is 2.68. The fraction of sp³-hybridized carbons (Fsp3) is 0.577. The number of ether oxygens (including phenoxy) is 3. The monoisotopic (exact) mass is 549 g/mol. The van der Waals surface area contributed by atoms with Crippen molar-refractivity contribution in [2.24, 2.45) is 0 Å². The summed E-state index contributed by atoms with van der Waals surface area (Å²) in [4.78, 5) is 28.7. The van der Waals surface area contributed by atoms with Gasteiger partial charge in [-0.05, 0) is 69.7 Å². The van der Waals surface area contributed by atoms with Gasteiger partial charge < -0.3 is 18.7 Å². The number of benzene rings is 1. The van der Waals surface area contributed by atoms with Crippen LogP contribution in [0.4, 0.5) is 0 Å². The van der Waals surface area contributed by atoms with Crippen LogP contribution in [-0.4, -0.2) is 47.2 Å². The molecular weight excluding hydrogens is 513 g/mol. The Kier molecular flexibility index (Phi) is 9.38. The molecule has 12 heteroatoms. The number of nitrogens with zero attached hydrogens (tertiary/aromatic N) is 2. The minimum atomic E-state index is -4.09. The molecule has 0 spiro atoms. The minimum absolute atomic E-state index is 0.0813. The third-order valence-corrected chi connectivity index (χ3v) is 7.91. The molecule has 1 aliphatic carbocycles. The van der Waals surface area contributed by atoms with Gasteiger partial charge in [-0.2, -0.15) is 10.1 Å². The molecule has 2 fully saturated rings. The normalized spacial score (nSPS) is 22.4. The predicted molar refractivity (Wildman–Crippen MR) is 139 cm³/mol. The maximum atomic E-state index is 13.8. The Bertz CT molecular complexity index is 1200. The Morgan fingerprint density at radius 1 is 1.24 bits per heavy atom. The summed E-state index contributed by atoms with van der Waals surface area (Å²) in [5.41, 5.74) is 1.33. The molecule has 1 saturated heterocycles. The second kappa shape index (κ2) is 12.5. The Balaban J connectivity index is 1.41. The number of hydrogen-bond donors (Lipinski definition) is 1. The van der Waals surface area contributed by atoms with Crippen LogP contribution < -0.4 is 15.3 Å². The molecule has 208 valence electrons. The van der Waals surface area contributed by atoms with Crippen LogP contribution in [0.1, 0.15) is 69.9 Å². The van der Waals surface area contributed by atoms with Crippen molar-refractivity contribution >= 4 is 13.7 Å². The molecule has 2 heterocycles. The molecular formula is C26H36N3O8P. The Morgan fingerprint density at radius 3 is 2.63 bits per heavy atom. The van der Waals surface area contributed by atoms with Gasteiger partial charge in [0.15, 0.2) is 12.5 Å². The first-order chi connectivity index (χ1) is 18.2. The molecule has 2 aromatic rings. The van der Waals surface area contributed by atoms with E-state index in [1.54, 1.807) is 31.3 Å². The molecule has 4 rings (SSSR count). The SMILES string of the molecule is CCC[C@H](C)OC(=O)[C@H](C)NP(=O)(OC[C@H]1OC[C@@H](n2ccc(C)nc2=O)O1)Oc1ccc(C2CC2)cc1. The molecule has 1 aliphatic heterocycles. The van der Waals surface area contributed by atoms with Crippen LogP contribution >= 0.6 is 7.75 Å². The van der Waals surface area contributed by atoms with Crippen LogP contribution in [0.25, 0.3) is 0 Å². The van der Waals surface area contributed by atoms with Gasteiger partial charge in [0.1, 0.15) is 18.4 Å². The summed E-state index contributed by atoms with van der Waals surface area (Å²) >= 11 is 0. The molecule has 1 aromatic carbocycles. The molecule has 1 unspecified atom stereocenters. The second-order valence-electron chi connectivity index (χ2n) is 9.73. The lowest BCUT2D eigenvalue weighted by Gasteiger charge is -2.24. The Morgan fingerprint density at radius 2 is 1.97 bits per heavy atom. The van der Waals surface area contributed by atoms with Gasteiger partial charge in [-0.3, -0.25) is 13.9 Å².